The molecule has 0 saturated heterocycles. The Balaban J connectivity index is 0.00000242. The van der Waals surface area contributed by atoms with Gasteiger partial charge in [0.1, 0.15) is 5.75 Å². The van der Waals surface area contributed by atoms with Crippen molar-refractivity contribution in [3.8, 4) is 5.75 Å². The van der Waals surface area contributed by atoms with Gasteiger partial charge in [0.15, 0.2) is 0 Å². The summed E-state index contributed by atoms with van der Waals surface area (Å²) >= 11 is 1.68. The lowest BCUT2D eigenvalue weighted by atomic mass is 10.1. The average molecular weight is 339 g/mol. The Morgan fingerprint density at radius 3 is 2.82 bits per heavy atom. The van der Waals surface area contributed by atoms with Crippen LogP contribution >= 0.6 is 24.2 Å². The van der Waals surface area contributed by atoms with Crippen LogP contribution in [0.2, 0.25) is 0 Å². The molecular weight excluding hydrogens is 316 g/mol. The molecule has 0 saturated carbocycles. The molecule has 0 atom stereocenters. The van der Waals surface area contributed by atoms with E-state index >= 15 is 0 Å². The number of benzene rings is 1. The molecule has 0 fully saturated rings. The normalized spacial score (nSPS) is 11.1. The molecule has 1 heterocycles. The SMILES string of the molecule is CCCCCOc1ccccc1C(=CSC)n1ccnc1.Cl. The van der Waals surface area contributed by atoms with Gasteiger partial charge in [0, 0.05) is 18.0 Å². The zero-order chi connectivity index (χ0) is 14.9. The Bertz CT molecular complexity index is 570. The lowest BCUT2D eigenvalue weighted by molar-refractivity contribution is 0.305. The van der Waals surface area contributed by atoms with Crippen LogP contribution in [-0.4, -0.2) is 22.4 Å². The summed E-state index contributed by atoms with van der Waals surface area (Å²) in [4.78, 5) is 4.14. The summed E-state index contributed by atoms with van der Waals surface area (Å²) in [7, 11) is 0. The van der Waals surface area contributed by atoms with Crippen molar-refractivity contribution in [2.24, 2.45) is 0 Å². The summed E-state index contributed by atoms with van der Waals surface area (Å²) in [5.74, 6) is 0.933. The molecule has 0 aliphatic rings. The molecule has 1 aromatic heterocycles. The van der Waals surface area contributed by atoms with Crippen molar-refractivity contribution in [3.63, 3.8) is 0 Å². The Labute approximate surface area is 143 Å². The van der Waals surface area contributed by atoms with Gasteiger partial charge in [-0.3, -0.25) is 0 Å². The van der Waals surface area contributed by atoms with Crippen LogP contribution in [0.5, 0.6) is 5.75 Å². The highest BCUT2D eigenvalue weighted by Gasteiger charge is 2.10. The van der Waals surface area contributed by atoms with E-state index in [1.54, 1.807) is 18.0 Å². The van der Waals surface area contributed by atoms with Gasteiger partial charge in [-0.1, -0.05) is 31.9 Å². The zero-order valence-corrected chi connectivity index (χ0v) is 14.7. The van der Waals surface area contributed by atoms with E-state index in [1.807, 2.05) is 35.3 Å². The van der Waals surface area contributed by atoms with Crippen molar-refractivity contribution in [3.05, 3.63) is 54.0 Å². The number of nitrogens with zero attached hydrogens (tertiary/aromatic N) is 2. The number of halogens is 1. The van der Waals surface area contributed by atoms with Crippen molar-refractivity contribution in [2.75, 3.05) is 12.9 Å². The quantitative estimate of drug-likeness (QED) is 0.628. The molecule has 0 radical (unpaired) electrons. The van der Waals surface area contributed by atoms with Crippen LogP contribution in [0.4, 0.5) is 0 Å². The topological polar surface area (TPSA) is 27.1 Å². The predicted octanol–water partition coefficient (Wildman–Crippen LogP) is 5.08. The fourth-order valence-electron chi connectivity index (χ4n) is 2.11. The summed E-state index contributed by atoms with van der Waals surface area (Å²) in [5.41, 5.74) is 2.19. The molecule has 2 rings (SSSR count). The van der Waals surface area contributed by atoms with E-state index in [9.17, 15) is 0 Å². The van der Waals surface area contributed by atoms with Gasteiger partial charge >= 0.3 is 0 Å². The van der Waals surface area contributed by atoms with Crippen LogP contribution in [0.15, 0.2) is 48.4 Å². The molecule has 2 aromatic rings. The minimum Gasteiger partial charge on any atom is -0.493 e. The van der Waals surface area contributed by atoms with E-state index in [-0.39, 0.29) is 12.4 Å². The lowest BCUT2D eigenvalue weighted by Gasteiger charge is -2.14. The Hall–Kier alpha value is -1.39. The fourth-order valence-corrected chi connectivity index (χ4v) is 2.59. The first-order valence-electron chi connectivity index (χ1n) is 7.30. The van der Waals surface area contributed by atoms with E-state index in [1.165, 1.54) is 12.8 Å². The van der Waals surface area contributed by atoms with E-state index in [0.29, 0.717) is 0 Å². The van der Waals surface area contributed by atoms with Crippen LogP contribution in [0.1, 0.15) is 31.7 Å². The molecule has 3 nitrogen and oxygen atoms in total. The van der Waals surface area contributed by atoms with Gasteiger partial charge in [0.05, 0.1) is 18.6 Å². The third kappa shape index (κ3) is 5.11. The van der Waals surface area contributed by atoms with Crippen LogP contribution in [0.3, 0.4) is 0 Å². The second kappa shape index (κ2) is 10.4. The van der Waals surface area contributed by atoms with Crippen molar-refractivity contribution in [1.29, 1.82) is 0 Å². The molecule has 0 unspecified atom stereocenters. The molecule has 5 heteroatoms. The first-order valence-corrected chi connectivity index (χ1v) is 8.59. The average Bonchev–Trinajstić information content (AvgIpc) is 3.04. The highest BCUT2D eigenvalue weighted by molar-refractivity contribution is 8.01. The number of thioether (sulfide) groups is 1. The molecule has 0 aliphatic carbocycles. The Kier molecular flexibility index (Phi) is 8.78. The zero-order valence-electron chi connectivity index (χ0n) is 13.1. The summed E-state index contributed by atoms with van der Waals surface area (Å²) in [6, 6.07) is 8.19. The minimum absolute atomic E-state index is 0. The molecule has 0 N–H and O–H groups in total. The number of ether oxygens (including phenoxy) is 1. The summed E-state index contributed by atoms with van der Waals surface area (Å²) < 4.78 is 8.00. The lowest BCUT2D eigenvalue weighted by Crippen LogP contribution is -2.03. The number of hydrogen-bond donors (Lipinski definition) is 0. The maximum atomic E-state index is 5.98. The van der Waals surface area contributed by atoms with Gasteiger partial charge in [0.25, 0.3) is 0 Å². The van der Waals surface area contributed by atoms with Crippen molar-refractivity contribution in [1.82, 2.24) is 9.55 Å². The van der Waals surface area contributed by atoms with Gasteiger partial charge in [-0.05, 0) is 30.2 Å². The van der Waals surface area contributed by atoms with E-state index in [0.717, 1.165) is 30.0 Å². The van der Waals surface area contributed by atoms with Gasteiger partial charge in [-0.2, -0.15) is 0 Å². The number of imidazole rings is 1. The second-order valence-electron chi connectivity index (χ2n) is 4.76. The molecule has 120 valence electrons. The Morgan fingerprint density at radius 1 is 1.32 bits per heavy atom. The summed E-state index contributed by atoms with van der Waals surface area (Å²) in [6.07, 6.45) is 11.1. The smallest absolute Gasteiger partial charge is 0.128 e. The maximum absolute atomic E-state index is 5.98. The largest absolute Gasteiger partial charge is 0.493 e. The van der Waals surface area contributed by atoms with Crippen LogP contribution in [-0.2, 0) is 0 Å². The molecule has 0 spiro atoms. The maximum Gasteiger partial charge on any atom is 0.128 e. The number of para-hydroxylation sites is 1. The van der Waals surface area contributed by atoms with Gasteiger partial charge in [-0.15, -0.1) is 24.2 Å². The first kappa shape index (κ1) is 18.7. The van der Waals surface area contributed by atoms with Crippen LogP contribution < -0.4 is 4.74 Å². The standard InChI is InChI=1S/C17H22N2OS.ClH/c1-3-4-7-12-20-17-9-6-5-8-15(17)16(13-21-2)19-11-10-18-14-19;/h5-6,8-11,13-14H,3-4,7,12H2,1-2H3;1H. The van der Waals surface area contributed by atoms with Crippen LogP contribution in [0, 0.1) is 0 Å². The fraction of sp³-hybridized carbons (Fsp3) is 0.353. The number of hydrogen-bond acceptors (Lipinski definition) is 3. The molecule has 0 amide bonds. The third-order valence-corrected chi connectivity index (χ3v) is 3.64. The Morgan fingerprint density at radius 2 is 2.14 bits per heavy atom. The summed E-state index contributed by atoms with van der Waals surface area (Å²) in [6.45, 7) is 2.97. The third-order valence-electron chi connectivity index (χ3n) is 3.18. The van der Waals surface area contributed by atoms with E-state index < -0.39 is 0 Å². The monoisotopic (exact) mass is 338 g/mol. The molecule has 0 aliphatic heterocycles. The van der Waals surface area contributed by atoms with Gasteiger partial charge in [-0.25, -0.2) is 4.98 Å². The molecule has 22 heavy (non-hydrogen) atoms. The van der Waals surface area contributed by atoms with Crippen molar-refractivity contribution in [2.45, 2.75) is 26.2 Å². The predicted molar refractivity (Wildman–Crippen MR) is 97.8 cm³/mol. The highest BCUT2D eigenvalue weighted by atomic mass is 35.5. The molecule has 1 aromatic carbocycles. The van der Waals surface area contributed by atoms with Crippen LogP contribution in [0.25, 0.3) is 5.70 Å². The van der Waals surface area contributed by atoms with E-state index in [4.69, 9.17) is 4.74 Å². The minimum atomic E-state index is 0. The molecule has 0 bridgehead atoms. The van der Waals surface area contributed by atoms with Gasteiger partial charge in [0.2, 0.25) is 0 Å². The summed E-state index contributed by atoms with van der Waals surface area (Å²) in [5, 5.41) is 2.12. The number of unbranched alkanes of at least 4 members (excludes halogenated alkanes) is 2. The second-order valence-corrected chi connectivity index (χ2v) is 5.47. The van der Waals surface area contributed by atoms with E-state index in [2.05, 4.69) is 29.6 Å². The first-order chi connectivity index (χ1) is 10.4. The van der Waals surface area contributed by atoms with Crippen molar-refractivity contribution >= 4 is 29.9 Å². The molecular formula is C17H23ClN2OS. The van der Waals surface area contributed by atoms with Crippen molar-refractivity contribution < 1.29 is 4.74 Å². The number of rotatable bonds is 8. The number of aromatic nitrogens is 2. The van der Waals surface area contributed by atoms with Gasteiger partial charge < -0.3 is 9.30 Å². The highest BCUT2D eigenvalue weighted by Crippen LogP contribution is 2.28.